The van der Waals surface area contributed by atoms with Gasteiger partial charge in [-0.3, -0.25) is 4.79 Å². The molecule has 1 unspecified atom stereocenters. The average molecular weight is 201 g/mol. The van der Waals surface area contributed by atoms with Gasteiger partial charge in [0.15, 0.2) is 0 Å². The molecule has 14 heavy (non-hydrogen) atoms. The highest BCUT2D eigenvalue weighted by Crippen LogP contribution is 1.96. The van der Waals surface area contributed by atoms with Crippen LogP contribution < -0.4 is 16.0 Å². The molecule has 0 saturated heterocycles. The Labute approximate surface area is 86.8 Å². The van der Waals surface area contributed by atoms with Gasteiger partial charge < -0.3 is 16.0 Å². The lowest BCUT2D eigenvalue weighted by Gasteiger charge is -2.21. The lowest BCUT2D eigenvalue weighted by molar-refractivity contribution is -0.122. The largest absolute Gasteiger partial charge is 0.358 e. The zero-order valence-corrected chi connectivity index (χ0v) is 9.90. The molecule has 0 aromatic rings. The molecule has 0 aromatic carbocycles. The molecule has 0 aliphatic heterocycles. The van der Waals surface area contributed by atoms with Crippen molar-refractivity contribution in [1.82, 2.24) is 16.0 Å². The van der Waals surface area contributed by atoms with Crippen LogP contribution in [-0.4, -0.2) is 37.6 Å². The van der Waals surface area contributed by atoms with E-state index in [0.717, 1.165) is 13.1 Å². The second-order valence-corrected chi connectivity index (χ2v) is 4.47. The summed E-state index contributed by atoms with van der Waals surface area (Å²) in [5.74, 6) is 0.0285. The standard InChI is InChI=1S/C10H23N3O/c1-8(9(14)11-5)12-6-7-13-10(2,3)4/h8,12-13H,6-7H2,1-5H3,(H,11,14). The van der Waals surface area contributed by atoms with Gasteiger partial charge in [0, 0.05) is 25.7 Å². The van der Waals surface area contributed by atoms with Crippen LogP contribution in [-0.2, 0) is 4.79 Å². The minimum atomic E-state index is -0.123. The van der Waals surface area contributed by atoms with Gasteiger partial charge in [0.2, 0.25) is 5.91 Å². The summed E-state index contributed by atoms with van der Waals surface area (Å²) in [4.78, 5) is 11.1. The third kappa shape index (κ3) is 6.86. The normalized spacial score (nSPS) is 13.8. The molecule has 84 valence electrons. The monoisotopic (exact) mass is 201 g/mol. The first-order valence-electron chi connectivity index (χ1n) is 5.07. The third-order valence-electron chi connectivity index (χ3n) is 1.87. The van der Waals surface area contributed by atoms with Crippen LogP contribution in [0.2, 0.25) is 0 Å². The number of carbonyl (C=O) groups is 1. The zero-order chi connectivity index (χ0) is 11.2. The summed E-state index contributed by atoms with van der Waals surface area (Å²) in [6.45, 7) is 9.88. The first kappa shape index (κ1) is 13.4. The van der Waals surface area contributed by atoms with E-state index in [1.54, 1.807) is 7.05 Å². The van der Waals surface area contributed by atoms with Gasteiger partial charge in [-0.05, 0) is 27.7 Å². The highest BCUT2D eigenvalue weighted by Gasteiger charge is 2.10. The maximum absolute atomic E-state index is 11.1. The van der Waals surface area contributed by atoms with Crippen molar-refractivity contribution in [1.29, 1.82) is 0 Å². The maximum atomic E-state index is 11.1. The fraction of sp³-hybridized carbons (Fsp3) is 0.900. The van der Waals surface area contributed by atoms with Crippen LogP contribution in [0, 0.1) is 0 Å². The van der Waals surface area contributed by atoms with Gasteiger partial charge in [-0.1, -0.05) is 0 Å². The molecule has 1 amide bonds. The number of carbonyl (C=O) groups excluding carboxylic acids is 1. The van der Waals surface area contributed by atoms with Crippen molar-refractivity contribution in [3.8, 4) is 0 Å². The number of amides is 1. The van der Waals surface area contributed by atoms with Crippen molar-refractivity contribution in [2.45, 2.75) is 39.3 Å². The smallest absolute Gasteiger partial charge is 0.236 e. The topological polar surface area (TPSA) is 53.2 Å². The van der Waals surface area contributed by atoms with Gasteiger partial charge in [-0.2, -0.15) is 0 Å². The van der Waals surface area contributed by atoms with Gasteiger partial charge in [0.05, 0.1) is 6.04 Å². The molecule has 4 nitrogen and oxygen atoms in total. The van der Waals surface area contributed by atoms with Crippen LogP contribution in [0.25, 0.3) is 0 Å². The Balaban J connectivity index is 3.50. The molecule has 1 atom stereocenters. The number of rotatable bonds is 5. The molecule has 3 N–H and O–H groups in total. The van der Waals surface area contributed by atoms with Gasteiger partial charge >= 0.3 is 0 Å². The first-order valence-corrected chi connectivity index (χ1v) is 5.07. The van der Waals surface area contributed by atoms with Crippen LogP contribution in [0.5, 0.6) is 0 Å². The molecule has 0 spiro atoms. The summed E-state index contributed by atoms with van der Waals surface area (Å²) in [6, 6.07) is -0.123. The molecule has 0 fully saturated rings. The van der Waals surface area contributed by atoms with E-state index in [9.17, 15) is 4.79 Å². The van der Waals surface area contributed by atoms with E-state index in [1.807, 2.05) is 6.92 Å². The zero-order valence-electron chi connectivity index (χ0n) is 9.90. The van der Waals surface area contributed by atoms with Crippen molar-refractivity contribution in [3.63, 3.8) is 0 Å². The van der Waals surface area contributed by atoms with Gasteiger partial charge in [0.25, 0.3) is 0 Å². The van der Waals surface area contributed by atoms with Crippen molar-refractivity contribution in [3.05, 3.63) is 0 Å². The molecule has 0 aliphatic carbocycles. The Kier molecular flexibility index (Phi) is 5.72. The van der Waals surface area contributed by atoms with E-state index >= 15 is 0 Å². The first-order chi connectivity index (χ1) is 6.37. The predicted molar refractivity (Wildman–Crippen MR) is 59.3 cm³/mol. The van der Waals surface area contributed by atoms with Gasteiger partial charge in [0.1, 0.15) is 0 Å². The van der Waals surface area contributed by atoms with E-state index < -0.39 is 0 Å². The van der Waals surface area contributed by atoms with E-state index in [4.69, 9.17) is 0 Å². The fourth-order valence-corrected chi connectivity index (χ4v) is 1.04. The van der Waals surface area contributed by atoms with Crippen LogP contribution in [0.4, 0.5) is 0 Å². The van der Waals surface area contributed by atoms with Crippen LogP contribution in [0.3, 0.4) is 0 Å². The van der Waals surface area contributed by atoms with Crippen LogP contribution in [0.1, 0.15) is 27.7 Å². The van der Waals surface area contributed by atoms with Crippen molar-refractivity contribution in [2.24, 2.45) is 0 Å². The number of hydrogen-bond donors (Lipinski definition) is 3. The second kappa shape index (κ2) is 5.98. The van der Waals surface area contributed by atoms with Gasteiger partial charge in [-0.25, -0.2) is 0 Å². The summed E-state index contributed by atoms with van der Waals surface area (Å²) in [6.07, 6.45) is 0. The van der Waals surface area contributed by atoms with Crippen molar-refractivity contribution < 1.29 is 4.79 Å². The Bertz CT molecular complexity index is 175. The van der Waals surface area contributed by atoms with Crippen molar-refractivity contribution in [2.75, 3.05) is 20.1 Å². The number of likely N-dealkylation sites (N-methyl/N-ethyl adjacent to an activating group) is 1. The minimum absolute atomic E-state index is 0.0285. The highest BCUT2D eigenvalue weighted by atomic mass is 16.2. The third-order valence-corrected chi connectivity index (χ3v) is 1.87. The average Bonchev–Trinajstić information content (AvgIpc) is 2.09. The Hall–Kier alpha value is -0.610. The summed E-state index contributed by atoms with van der Waals surface area (Å²) in [5.41, 5.74) is 0.137. The molecular formula is C10H23N3O. The molecule has 0 aromatic heterocycles. The molecule has 0 radical (unpaired) electrons. The van der Waals surface area contributed by atoms with E-state index in [1.165, 1.54) is 0 Å². The Morgan fingerprint density at radius 1 is 1.29 bits per heavy atom. The van der Waals surface area contributed by atoms with E-state index in [0.29, 0.717) is 0 Å². The van der Waals surface area contributed by atoms with E-state index in [-0.39, 0.29) is 17.5 Å². The van der Waals surface area contributed by atoms with Gasteiger partial charge in [-0.15, -0.1) is 0 Å². The van der Waals surface area contributed by atoms with E-state index in [2.05, 4.69) is 36.7 Å². The SMILES string of the molecule is CNC(=O)C(C)NCCNC(C)(C)C. The lowest BCUT2D eigenvalue weighted by atomic mass is 10.1. The predicted octanol–water partition coefficient (Wildman–Crippen LogP) is 0.0986. The van der Waals surface area contributed by atoms with Crippen molar-refractivity contribution >= 4 is 5.91 Å². The number of hydrogen-bond acceptors (Lipinski definition) is 3. The summed E-state index contributed by atoms with van der Waals surface area (Å²) < 4.78 is 0. The molecule has 0 aliphatic rings. The number of nitrogens with one attached hydrogen (secondary N) is 3. The Morgan fingerprint density at radius 2 is 1.86 bits per heavy atom. The summed E-state index contributed by atoms with van der Waals surface area (Å²) >= 11 is 0. The fourth-order valence-electron chi connectivity index (χ4n) is 1.04. The quantitative estimate of drug-likeness (QED) is 0.553. The minimum Gasteiger partial charge on any atom is -0.358 e. The molecule has 0 saturated carbocycles. The molecule has 0 rings (SSSR count). The maximum Gasteiger partial charge on any atom is 0.236 e. The molecule has 4 heteroatoms. The Morgan fingerprint density at radius 3 is 2.29 bits per heavy atom. The summed E-state index contributed by atoms with van der Waals surface area (Å²) in [7, 11) is 1.65. The van der Waals surface area contributed by atoms with Crippen LogP contribution in [0.15, 0.2) is 0 Å². The molecule has 0 bridgehead atoms. The van der Waals surface area contributed by atoms with Crippen LogP contribution >= 0.6 is 0 Å². The molecular weight excluding hydrogens is 178 g/mol. The highest BCUT2D eigenvalue weighted by molar-refractivity contribution is 5.80. The second-order valence-electron chi connectivity index (χ2n) is 4.47. The summed E-state index contributed by atoms with van der Waals surface area (Å²) in [5, 5.41) is 9.07. The lowest BCUT2D eigenvalue weighted by Crippen LogP contribution is -2.45. The molecule has 0 heterocycles.